The van der Waals surface area contributed by atoms with Crippen LogP contribution in [0.1, 0.15) is 22.3 Å². The number of hydrogen-bond donors (Lipinski definition) is 1. The van der Waals surface area contributed by atoms with Gasteiger partial charge in [-0.1, -0.05) is 6.07 Å². The average molecular weight is 263 g/mol. The van der Waals surface area contributed by atoms with Gasteiger partial charge in [0.05, 0.1) is 4.92 Å². The van der Waals surface area contributed by atoms with Crippen LogP contribution in [0.2, 0.25) is 0 Å². The second-order valence-electron chi connectivity index (χ2n) is 4.65. The molecule has 1 aromatic rings. The maximum absolute atomic E-state index is 12.4. The number of rotatable bonds is 2. The molecule has 1 heterocycles. The number of amides is 1. The molecule has 0 radical (unpaired) electrons. The van der Waals surface area contributed by atoms with Gasteiger partial charge in [-0.3, -0.25) is 14.9 Å². The highest BCUT2D eigenvalue weighted by Gasteiger charge is 2.21. The molecule has 1 aliphatic rings. The SMILES string of the molecule is Cc1ccc([N+](=O)[O-])cc1C(=O)N1CCCNCC1. The second kappa shape index (κ2) is 5.79. The highest BCUT2D eigenvalue weighted by Crippen LogP contribution is 2.19. The van der Waals surface area contributed by atoms with Crippen LogP contribution in [-0.4, -0.2) is 41.9 Å². The van der Waals surface area contributed by atoms with Crippen LogP contribution < -0.4 is 5.32 Å². The Morgan fingerprint density at radius 1 is 1.37 bits per heavy atom. The Hall–Kier alpha value is -1.95. The fourth-order valence-corrected chi connectivity index (χ4v) is 2.17. The lowest BCUT2D eigenvalue weighted by molar-refractivity contribution is -0.384. The van der Waals surface area contributed by atoms with E-state index < -0.39 is 4.92 Å². The van der Waals surface area contributed by atoms with Crippen molar-refractivity contribution in [1.29, 1.82) is 0 Å². The van der Waals surface area contributed by atoms with Crippen LogP contribution in [0.5, 0.6) is 0 Å². The number of aryl methyl sites for hydroxylation is 1. The minimum atomic E-state index is -0.472. The number of nitrogens with zero attached hydrogens (tertiary/aromatic N) is 2. The van der Waals surface area contributed by atoms with Crippen LogP contribution in [0, 0.1) is 17.0 Å². The van der Waals surface area contributed by atoms with Crippen molar-refractivity contribution in [1.82, 2.24) is 10.2 Å². The predicted octanol–water partition coefficient (Wildman–Crippen LogP) is 1.34. The first-order valence-electron chi connectivity index (χ1n) is 6.34. The molecule has 0 atom stereocenters. The minimum absolute atomic E-state index is 0.0399. The van der Waals surface area contributed by atoms with E-state index in [1.165, 1.54) is 12.1 Å². The summed E-state index contributed by atoms with van der Waals surface area (Å²) >= 11 is 0. The zero-order chi connectivity index (χ0) is 13.8. The zero-order valence-electron chi connectivity index (χ0n) is 10.9. The first-order chi connectivity index (χ1) is 9.09. The molecule has 1 aliphatic heterocycles. The lowest BCUT2D eigenvalue weighted by atomic mass is 10.1. The van der Waals surface area contributed by atoms with Gasteiger partial charge in [0, 0.05) is 37.3 Å². The van der Waals surface area contributed by atoms with Crippen LogP contribution in [0.15, 0.2) is 18.2 Å². The Morgan fingerprint density at radius 3 is 2.89 bits per heavy atom. The summed E-state index contributed by atoms with van der Waals surface area (Å²) in [5, 5.41) is 14.0. The maximum atomic E-state index is 12.4. The second-order valence-corrected chi connectivity index (χ2v) is 4.65. The lowest BCUT2D eigenvalue weighted by Gasteiger charge is -2.20. The highest BCUT2D eigenvalue weighted by molar-refractivity contribution is 5.96. The van der Waals surface area contributed by atoms with Gasteiger partial charge in [-0.25, -0.2) is 0 Å². The van der Waals surface area contributed by atoms with E-state index in [-0.39, 0.29) is 11.6 Å². The molecular weight excluding hydrogens is 246 g/mol. The molecule has 2 rings (SSSR count). The largest absolute Gasteiger partial charge is 0.337 e. The van der Waals surface area contributed by atoms with E-state index in [4.69, 9.17) is 0 Å². The lowest BCUT2D eigenvalue weighted by Crippen LogP contribution is -2.34. The molecule has 1 amide bonds. The smallest absolute Gasteiger partial charge is 0.270 e. The third-order valence-electron chi connectivity index (χ3n) is 3.29. The Morgan fingerprint density at radius 2 is 2.16 bits per heavy atom. The topological polar surface area (TPSA) is 75.5 Å². The molecule has 1 saturated heterocycles. The Labute approximate surface area is 111 Å². The quantitative estimate of drug-likeness (QED) is 0.645. The van der Waals surface area contributed by atoms with Gasteiger partial charge >= 0.3 is 0 Å². The molecule has 1 N–H and O–H groups in total. The van der Waals surface area contributed by atoms with Crippen LogP contribution in [0.25, 0.3) is 0 Å². The van der Waals surface area contributed by atoms with E-state index in [1.807, 2.05) is 0 Å². The van der Waals surface area contributed by atoms with Gasteiger partial charge in [-0.15, -0.1) is 0 Å². The summed E-state index contributed by atoms with van der Waals surface area (Å²) in [4.78, 5) is 24.5. The Bertz CT molecular complexity index is 494. The number of nitro groups is 1. The van der Waals surface area contributed by atoms with E-state index in [9.17, 15) is 14.9 Å². The van der Waals surface area contributed by atoms with E-state index in [1.54, 1.807) is 17.9 Å². The summed E-state index contributed by atoms with van der Waals surface area (Å²) in [6.45, 7) is 4.79. The van der Waals surface area contributed by atoms with Crippen LogP contribution in [0.4, 0.5) is 5.69 Å². The Kier molecular flexibility index (Phi) is 4.11. The van der Waals surface area contributed by atoms with E-state index in [0.29, 0.717) is 18.7 Å². The molecular formula is C13H17N3O3. The summed E-state index contributed by atoms with van der Waals surface area (Å²) in [5.41, 5.74) is 1.16. The van der Waals surface area contributed by atoms with Crippen LogP contribution >= 0.6 is 0 Å². The highest BCUT2D eigenvalue weighted by atomic mass is 16.6. The first-order valence-corrected chi connectivity index (χ1v) is 6.34. The zero-order valence-corrected chi connectivity index (χ0v) is 10.9. The van der Waals surface area contributed by atoms with Crippen molar-refractivity contribution in [3.05, 3.63) is 39.4 Å². The fraction of sp³-hybridized carbons (Fsp3) is 0.462. The fourth-order valence-electron chi connectivity index (χ4n) is 2.17. The molecule has 0 spiro atoms. The number of nitrogens with one attached hydrogen (secondary N) is 1. The summed E-state index contributed by atoms with van der Waals surface area (Å²) < 4.78 is 0. The number of carbonyl (C=O) groups excluding carboxylic acids is 1. The molecule has 6 nitrogen and oxygen atoms in total. The first kappa shape index (κ1) is 13.5. The third kappa shape index (κ3) is 3.08. The van der Waals surface area contributed by atoms with Gasteiger partial charge in [-0.2, -0.15) is 0 Å². The molecule has 19 heavy (non-hydrogen) atoms. The third-order valence-corrected chi connectivity index (χ3v) is 3.29. The summed E-state index contributed by atoms with van der Waals surface area (Å²) in [6.07, 6.45) is 0.902. The van der Waals surface area contributed by atoms with Crippen molar-refractivity contribution >= 4 is 11.6 Å². The maximum Gasteiger partial charge on any atom is 0.270 e. The molecule has 0 aromatic heterocycles. The molecule has 0 bridgehead atoms. The molecule has 0 aliphatic carbocycles. The molecule has 6 heteroatoms. The average Bonchev–Trinajstić information content (AvgIpc) is 2.67. The summed E-state index contributed by atoms with van der Waals surface area (Å²) in [6, 6.07) is 4.42. The number of hydrogen-bond acceptors (Lipinski definition) is 4. The van der Waals surface area contributed by atoms with Gasteiger partial charge in [0.15, 0.2) is 0 Å². The van der Waals surface area contributed by atoms with Crippen molar-refractivity contribution in [2.75, 3.05) is 26.2 Å². The monoisotopic (exact) mass is 263 g/mol. The molecule has 1 aromatic carbocycles. The van der Waals surface area contributed by atoms with Gasteiger partial charge < -0.3 is 10.2 Å². The van der Waals surface area contributed by atoms with E-state index >= 15 is 0 Å². The normalized spacial score (nSPS) is 15.9. The number of benzene rings is 1. The number of nitro benzene ring substituents is 1. The van der Waals surface area contributed by atoms with Gasteiger partial charge in [0.2, 0.25) is 0 Å². The van der Waals surface area contributed by atoms with Crippen molar-refractivity contribution in [2.45, 2.75) is 13.3 Å². The molecule has 102 valence electrons. The predicted molar refractivity (Wildman–Crippen MR) is 71.2 cm³/mol. The summed E-state index contributed by atoms with van der Waals surface area (Å²) in [7, 11) is 0. The standard InChI is InChI=1S/C13H17N3O3/c1-10-3-4-11(16(18)19)9-12(10)13(17)15-7-2-5-14-6-8-15/h3-4,9,14H,2,5-8H2,1H3. The number of carbonyl (C=O) groups is 1. The van der Waals surface area contributed by atoms with Crippen molar-refractivity contribution in [3.63, 3.8) is 0 Å². The Balaban J connectivity index is 2.26. The molecule has 0 saturated carbocycles. The van der Waals surface area contributed by atoms with Crippen molar-refractivity contribution in [2.24, 2.45) is 0 Å². The molecule has 1 fully saturated rings. The van der Waals surface area contributed by atoms with Gasteiger partial charge in [0.1, 0.15) is 0 Å². The van der Waals surface area contributed by atoms with E-state index in [0.717, 1.165) is 25.1 Å². The van der Waals surface area contributed by atoms with Crippen LogP contribution in [-0.2, 0) is 0 Å². The summed E-state index contributed by atoms with van der Waals surface area (Å²) in [5.74, 6) is -0.120. The van der Waals surface area contributed by atoms with Crippen molar-refractivity contribution < 1.29 is 9.72 Å². The minimum Gasteiger partial charge on any atom is -0.337 e. The van der Waals surface area contributed by atoms with Gasteiger partial charge in [-0.05, 0) is 25.5 Å². The van der Waals surface area contributed by atoms with Gasteiger partial charge in [0.25, 0.3) is 11.6 Å². The molecule has 0 unspecified atom stereocenters. The number of non-ortho nitro benzene ring substituents is 1. The van der Waals surface area contributed by atoms with Crippen molar-refractivity contribution in [3.8, 4) is 0 Å². The van der Waals surface area contributed by atoms with Crippen LogP contribution in [0.3, 0.4) is 0 Å². The van der Waals surface area contributed by atoms with E-state index in [2.05, 4.69) is 5.32 Å².